The molecule has 6 aromatic carbocycles. The molecule has 61 heavy (non-hydrogen) atoms. The average molecular weight is 878 g/mol. The number of benzene rings is 6. The van der Waals surface area contributed by atoms with Crippen LogP contribution < -0.4 is 9.80 Å². The first-order valence-electron chi connectivity index (χ1n) is 21.6. The van der Waals surface area contributed by atoms with Gasteiger partial charge >= 0.3 is 0 Å². The fraction of sp³-hybridized carbons (Fsp3) is 0.351. The standard InChI is InChI=1S/C29H35NO.C28H34BrN/c1-20-17-26(18-21(2)27(20)19-31)30(24-13-9-22(10-14-24)28(3,4)5)25-15-11-23(12-16-25)29(6,7)8;1-19-17-25(18-20(2)26(19)29)30(23-13-9-21(10-14-23)27(3,4)5)24-15-11-22(12-16-24)28(6,7)8/h9-19H,1-8H3;9-18H,1-8H3. The summed E-state index contributed by atoms with van der Waals surface area (Å²) in [5.74, 6) is 0. The zero-order valence-electron chi connectivity index (χ0n) is 39.8. The first kappa shape index (κ1) is 47.1. The highest BCUT2D eigenvalue weighted by atomic mass is 79.9. The number of rotatable bonds is 7. The third kappa shape index (κ3) is 11.3. The molecule has 320 valence electrons. The van der Waals surface area contributed by atoms with Crippen LogP contribution >= 0.6 is 15.9 Å². The summed E-state index contributed by atoms with van der Waals surface area (Å²) in [6.45, 7) is 35.3. The van der Waals surface area contributed by atoms with E-state index in [9.17, 15) is 4.79 Å². The van der Waals surface area contributed by atoms with Gasteiger partial charge in [-0.3, -0.25) is 4.79 Å². The number of carbonyl (C=O) groups is 1. The van der Waals surface area contributed by atoms with Crippen molar-refractivity contribution in [3.8, 4) is 0 Å². The molecule has 6 aromatic rings. The molecule has 0 amide bonds. The summed E-state index contributed by atoms with van der Waals surface area (Å²) in [6.07, 6.45) is 0.953. The Morgan fingerprint density at radius 3 is 0.770 bits per heavy atom. The molecular weight excluding hydrogens is 809 g/mol. The van der Waals surface area contributed by atoms with Gasteiger partial charge in [0.25, 0.3) is 0 Å². The van der Waals surface area contributed by atoms with Crippen molar-refractivity contribution < 1.29 is 4.79 Å². The minimum Gasteiger partial charge on any atom is -0.310 e. The van der Waals surface area contributed by atoms with E-state index in [2.05, 4.69) is 244 Å². The number of anilines is 6. The van der Waals surface area contributed by atoms with E-state index in [1.165, 1.54) is 54.9 Å². The third-order valence-corrected chi connectivity index (χ3v) is 12.9. The zero-order valence-corrected chi connectivity index (χ0v) is 41.4. The van der Waals surface area contributed by atoms with Crippen molar-refractivity contribution >= 4 is 56.3 Å². The number of aldehydes is 1. The molecule has 0 saturated heterocycles. The molecule has 0 spiro atoms. The highest BCUT2D eigenvalue weighted by Crippen LogP contribution is 2.41. The van der Waals surface area contributed by atoms with Crippen molar-refractivity contribution in [1.82, 2.24) is 0 Å². The van der Waals surface area contributed by atoms with Crippen molar-refractivity contribution in [2.24, 2.45) is 0 Å². The van der Waals surface area contributed by atoms with Crippen molar-refractivity contribution in [2.45, 2.75) is 132 Å². The van der Waals surface area contributed by atoms with E-state index in [1.807, 2.05) is 13.8 Å². The van der Waals surface area contributed by atoms with Gasteiger partial charge in [-0.2, -0.15) is 0 Å². The number of hydrogen-bond donors (Lipinski definition) is 0. The molecule has 4 heteroatoms. The molecule has 3 nitrogen and oxygen atoms in total. The van der Waals surface area contributed by atoms with Crippen LogP contribution in [0.2, 0.25) is 0 Å². The summed E-state index contributed by atoms with van der Waals surface area (Å²) in [4.78, 5) is 16.1. The van der Waals surface area contributed by atoms with Crippen molar-refractivity contribution in [3.05, 3.63) is 176 Å². The fourth-order valence-electron chi connectivity index (χ4n) is 7.66. The van der Waals surface area contributed by atoms with Crippen molar-refractivity contribution in [3.63, 3.8) is 0 Å². The van der Waals surface area contributed by atoms with Crippen LogP contribution in [-0.2, 0) is 21.7 Å². The molecule has 0 radical (unpaired) electrons. The molecule has 0 aromatic heterocycles. The normalized spacial score (nSPS) is 12.1. The van der Waals surface area contributed by atoms with E-state index in [0.717, 1.165) is 40.0 Å². The van der Waals surface area contributed by atoms with E-state index in [1.54, 1.807) is 0 Å². The van der Waals surface area contributed by atoms with E-state index in [-0.39, 0.29) is 21.7 Å². The highest BCUT2D eigenvalue weighted by Gasteiger charge is 2.21. The van der Waals surface area contributed by atoms with Gasteiger partial charge in [-0.1, -0.05) is 148 Å². The quantitative estimate of drug-likeness (QED) is 0.149. The molecule has 0 fully saturated rings. The predicted octanol–water partition coefficient (Wildman–Crippen LogP) is 17.3. The molecule has 0 aliphatic carbocycles. The molecule has 0 aliphatic heterocycles. The predicted molar refractivity (Wildman–Crippen MR) is 269 cm³/mol. The molecule has 6 rings (SSSR count). The Labute approximate surface area is 377 Å². The number of hydrogen-bond acceptors (Lipinski definition) is 3. The van der Waals surface area contributed by atoms with Crippen molar-refractivity contribution in [1.29, 1.82) is 0 Å². The second-order valence-electron chi connectivity index (χ2n) is 20.9. The van der Waals surface area contributed by atoms with Crippen LogP contribution in [0.1, 0.15) is 138 Å². The Morgan fingerprint density at radius 2 is 0.574 bits per heavy atom. The molecule has 0 aliphatic rings. The molecule has 0 bridgehead atoms. The third-order valence-electron chi connectivity index (χ3n) is 11.6. The Hall–Kier alpha value is -4.93. The minimum atomic E-state index is 0.108. The molecule has 0 atom stereocenters. The maximum Gasteiger partial charge on any atom is 0.150 e. The van der Waals surface area contributed by atoms with Crippen LogP contribution in [0.3, 0.4) is 0 Å². The van der Waals surface area contributed by atoms with Crippen LogP contribution in [0, 0.1) is 27.7 Å². The smallest absolute Gasteiger partial charge is 0.150 e. The van der Waals surface area contributed by atoms with E-state index in [4.69, 9.17) is 0 Å². The van der Waals surface area contributed by atoms with Gasteiger partial charge in [0.1, 0.15) is 0 Å². The summed E-state index contributed by atoms with van der Waals surface area (Å²) >= 11 is 3.72. The first-order chi connectivity index (χ1) is 28.3. The van der Waals surface area contributed by atoms with Crippen LogP contribution in [-0.4, -0.2) is 6.29 Å². The highest BCUT2D eigenvalue weighted by molar-refractivity contribution is 9.10. The number of carbonyl (C=O) groups excluding carboxylic acids is 1. The maximum atomic E-state index is 11.5. The van der Waals surface area contributed by atoms with E-state index < -0.39 is 0 Å². The lowest BCUT2D eigenvalue weighted by atomic mass is 9.86. The number of nitrogens with zero attached hydrogens (tertiary/aromatic N) is 2. The summed E-state index contributed by atoms with van der Waals surface area (Å²) in [5, 5.41) is 0. The maximum absolute atomic E-state index is 11.5. The van der Waals surface area contributed by atoms with Gasteiger partial charge in [0.05, 0.1) is 0 Å². The Balaban J connectivity index is 0.000000231. The Morgan fingerprint density at radius 1 is 0.361 bits per heavy atom. The summed E-state index contributed by atoms with van der Waals surface area (Å²) < 4.78 is 1.18. The summed E-state index contributed by atoms with van der Waals surface area (Å²) in [7, 11) is 0. The molecular formula is C57H69BrN2O. The van der Waals surface area contributed by atoms with Gasteiger partial charge in [0.2, 0.25) is 0 Å². The van der Waals surface area contributed by atoms with Gasteiger partial charge in [-0.15, -0.1) is 0 Å². The van der Waals surface area contributed by atoms with Crippen molar-refractivity contribution in [2.75, 3.05) is 9.80 Å². The van der Waals surface area contributed by atoms with Gasteiger partial charge in [0, 0.05) is 44.2 Å². The van der Waals surface area contributed by atoms with Gasteiger partial charge in [0.15, 0.2) is 6.29 Å². The monoisotopic (exact) mass is 876 g/mol. The van der Waals surface area contributed by atoms with Gasteiger partial charge in [-0.05, 0) is 167 Å². The van der Waals surface area contributed by atoms with Gasteiger partial charge in [-0.25, -0.2) is 0 Å². The second kappa shape index (κ2) is 18.2. The average Bonchev–Trinajstić information content (AvgIpc) is 3.17. The summed E-state index contributed by atoms with van der Waals surface area (Å²) in [5.41, 5.74) is 17.9. The van der Waals surface area contributed by atoms with E-state index in [0.29, 0.717) is 0 Å². The van der Waals surface area contributed by atoms with Crippen LogP contribution in [0.4, 0.5) is 34.1 Å². The summed E-state index contributed by atoms with van der Waals surface area (Å²) in [6, 6.07) is 44.3. The second-order valence-corrected chi connectivity index (χ2v) is 21.7. The lowest BCUT2D eigenvalue weighted by molar-refractivity contribution is 0.112. The Kier molecular flexibility index (Phi) is 14.1. The van der Waals surface area contributed by atoms with E-state index >= 15 is 0 Å². The molecule has 0 saturated carbocycles. The molecule has 0 unspecified atom stereocenters. The molecule has 0 N–H and O–H groups in total. The lowest BCUT2D eigenvalue weighted by Gasteiger charge is -2.29. The fourth-order valence-corrected chi connectivity index (χ4v) is 7.88. The lowest BCUT2D eigenvalue weighted by Crippen LogP contribution is -2.14. The largest absolute Gasteiger partial charge is 0.310 e. The van der Waals surface area contributed by atoms with Crippen LogP contribution in [0.25, 0.3) is 0 Å². The van der Waals surface area contributed by atoms with Gasteiger partial charge < -0.3 is 9.80 Å². The molecule has 0 heterocycles. The SMILES string of the molecule is Cc1cc(N(c2ccc(C(C)(C)C)cc2)c2ccc(C(C)(C)C)cc2)cc(C)c1Br.Cc1cc(N(c2ccc(C(C)(C)C)cc2)c2ccc(C(C)(C)C)cc2)cc(C)c1C=O. The number of aryl methyl sites for hydroxylation is 4. The topological polar surface area (TPSA) is 23.6 Å². The number of halogens is 1. The van der Waals surface area contributed by atoms with Crippen LogP contribution in [0.5, 0.6) is 0 Å². The zero-order chi connectivity index (χ0) is 45.2. The first-order valence-corrected chi connectivity index (χ1v) is 22.4. The van der Waals surface area contributed by atoms with Crippen LogP contribution in [0.15, 0.2) is 126 Å². The minimum absolute atomic E-state index is 0.108. The Bertz CT molecular complexity index is 2270.